The molecule has 2 rings (SSSR count). The van der Waals surface area contributed by atoms with E-state index in [0.717, 1.165) is 24.0 Å². The van der Waals surface area contributed by atoms with Crippen molar-refractivity contribution in [1.82, 2.24) is 0 Å². The summed E-state index contributed by atoms with van der Waals surface area (Å²) in [5.41, 5.74) is 2.19. The Hall–Kier alpha value is -0.860. The van der Waals surface area contributed by atoms with Gasteiger partial charge in [-0.15, -0.1) is 0 Å². The van der Waals surface area contributed by atoms with E-state index < -0.39 is 0 Å². The zero-order valence-electron chi connectivity index (χ0n) is 10.6. The van der Waals surface area contributed by atoms with Crippen LogP contribution in [-0.4, -0.2) is 12.2 Å². The van der Waals surface area contributed by atoms with E-state index >= 15 is 0 Å². The summed E-state index contributed by atoms with van der Waals surface area (Å²) in [5.74, 6) is 0.446. The second-order valence-corrected chi connectivity index (χ2v) is 5.02. The number of hydrogen-bond donors (Lipinski definition) is 1. The van der Waals surface area contributed by atoms with Crippen molar-refractivity contribution in [3.8, 4) is 0 Å². The van der Waals surface area contributed by atoms with Crippen LogP contribution >= 0.6 is 0 Å². The molecule has 0 bridgehead atoms. The van der Waals surface area contributed by atoms with Crippen molar-refractivity contribution in [1.29, 1.82) is 0 Å². The first-order chi connectivity index (χ1) is 8.31. The lowest BCUT2D eigenvalue weighted by Gasteiger charge is -2.27. The van der Waals surface area contributed by atoms with E-state index in [9.17, 15) is 5.11 Å². The van der Waals surface area contributed by atoms with Crippen molar-refractivity contribution in [2.24, 2.45) is 5.92 Å². The fraction of sp³-hybridized carbons (Fsp3) is 0.600. The van der Waals surface area contributed by atoms with Gasteiger partial charge in [0.05, 0.1) is 12.7 Å². The highest BCUT2D eigenvalue weighted by molar-refractivity contribution is 5.25. The first-order valence-corrected chi connectivity index (χ1v) is 6.57. The summed E-state index contributed by atoms with van der Waals surface area (Å²) < 4.78 is 5.13. The van der Waals surface area contributed by atoms with Gasteiger partial charge in [-0.25, -0.2) is 0 Å². The van der Waals surface area contributed by atoms with Gasteiger partial charge in [-0.2, -0.15) is 0 Å². The van der Waals surface area contributed by atoms with Crippen LogP contribution in [0.25, 0.3) is 0 Å². The smallest absolute Gasteiger partial charge is 0.0818 e. The molecule has 0 aliphatic heterocycles. The van der Waals surface area contributed by atoms with E-state index in [1.165, 1.54) is 19.3 Å². The van der Waals surface area contributed by atoms with E-state index in [2.05, 4.69) is 6.07 Å². The van der Waals surface area contributed by atoms with Crippen LogP contribution in [0.5, 0.6) is 0 Å². The van der Waals surface area contributed by atoms with Crippen LogP contribution in [0.15, 0.2) is 24.3 Å². The largest absolute Gasteiger partial charge is 0.388 e. The van der Waals surface area contributed by atoms with Crippen molar-refractivity contribution < 1.29 is 9.84 Å². The minimum absolute atomic E-state index is 0.299. The summed E-state index contributed by atoms with van der Waals surface area (Å²) in [6.45, 7) is 0.616. The minimum atomic E-state index is -0.299. The molecule has 2 nitrogen and oxygen atoms in total. The zero-order valence-corrected chi connectivity index (χ0v) is 10.6. The third kappa shape index (κ3) is 3.30. The molecule has 1 fully saturated rings. The molecule has 1 aliphatic carbocycles. The lowest BCUT2D eigenvalue weighted by Crippen LogP contribution is -2.16. The summed E-state index contributed by atoms with van der Waals surface area (Å²) in [4.78, 5) is 0. The zero-order chi connectivity index (χ0) is 12.1. The highest BCUT2D eigenvalue weighted by atomic mass is 16.5. The number of rotatable bonds is 4. The average Bonchev–Trinajstić information content (AvgIpc) is 2.40. The highest BCUT2D eigenvalue weighted by Crippen LogP contribution is 2.34. The maximum absolute atomic E-state index is 10.4. The van der Waals surface area contributed by atoms with Gasteiger partial charge in [-0.3, -0.25) is 0 Å². The van der Waals surface area contributed by atoms with Crippen LogP contribution < -0.4 is 0 Å². The molecule has 1 N–H and O–H groups in total. The summed E-state index contributed by atoms with van der Waals surface area (Å²) >= 11 is 0. The van der Waals surface area contributed by atoms with Gasteiger partial charge in [0.15, 0.2) is 0 Å². The van der Waals surface area contributed by atoms with Gasteiger partial charge in [0.2, 0.25) is 0 Å². The molecule has 0 saturated heterocycles. The van der Waals surface area contributed by atoms with Gasteiger partial charge in [0.1, 0.15) is 0 Å². The number of methoxy groups -OCH3 is 1. The van der Waals surface area contributed by atoms with Gasteiger partial charge >= 0.3 is 0 Å². The fourth-order valence-electron chi connectivity index (χ4n) is 2.76. The molecule has 0 aromatic heterocycles. The minimum Gasteiger partial charge on any atom is -0.388 e. The first-order valence-electron chi connectivity index (χ1n) is 6.57. The van der Waals surface area contributed by atoms with Gasteiger partial charge in [0.25, 0.3) is 0 Å². The normalized spacial score (nSPS) is 19.2. The number of aliphatic hydroxyl groups excluding tert-OH is 1. The molecule has 94 valence electrons. The maximum Gasteiger partial charge on any atom is 0.0818 e. The van der Waals surface area contributed by atoms with Crippen molar-refractivity contribution in [2.75, 3.05) is 7.11 Å². The molecular weight excluding hydrogens is 212 g/mol. The Bertz CT molecular complexity index is 343. The molecule has 17 heavy (non-hydrogen) atoms. The molecule has 1 saturated carbocycles. The van der Waals surface area contributed by atoms with Gasteiger partial charge in [0, 0.05) is 7.11 Å². The second kappa shape index (κ2) is 6.18. The molecule has 0 heterocycles. The topological polar surface area (TPSA) is 29.5 Å². The van der Waals surface area contributed by atoms with Crippen molar-refractivity contribution in [2.45, 2.75) is 44.8 Å². The number of aliphatic hydroxyl groups is 1. The molecule has 1 atom stereocenters. The van der Waals surface area contributed by atoms with Crippen molar-refractivity contribution in [3.05, 3.63) is 35.4 Å². The molecule has 1 aromatic carbocycles. The van der Waals surface area contributed by atoms with Crippen LogP contribution in [-0.2, 0) is 11.3 Å². The Balaban J connectivity index is 2.06. The SMILES string of the molecule is COCc1cccc(C(O)C2CCCCC2)c1. The van der Waals surface area contributed by atoms with Crippen LogP contribution in [0.3, 0.4) is 0 Å². The molecular formula is C15H22O2. The molecule has 0 radical (unpaired) electrons. The predicted molar refractivity (Wildman–Crippen MR) is 68.7 cm³/mol. The van der Waals surface area contributed by atoms with Crippen LogP contribution in [0, 0.1) is 5.92 Å². The molecule has 2 heteroatoms. The van der Waals surface area contributed by atoms with Crippen molar-refractivity contribution >= 4 is 0 Å². The number of ether oxygens (including phenoxy) is 1. The Labute approximate surface area is 104 Å². The van der Waals surface area contributed by atoms with Gasteiger partial charge in [-0.1, -0.05) is 43.5 Å². The standard InChI is InChI=1S/C15H22O2/c1-17-11-12-6-5-9-14(10-12)15(16)13-7-3-2-4-8-13/h5-6,9-10,13,15-16H,2-4,7-8,11H2,1H3. The molecule has 1 aliphatic rings. The molecule has 0 spiro atoms. The summed E-state index contributed by atoms with van der Waals surface area (Å²) in [6, 6.07) is 8.15. The molecule has 1 unspecified atom stereocenters. The van der Waals surface area contributed by atoms with E-state index in [1.54, 1.807) is 7.11 Å². The summed E-state index contributed by atoms with van der Waals surface area (Å²) in [5, 5.41) is 10.4. The summed E-state index contributed by atoms with van der Waals surface area (Å²) in [6.07, 6.45) is 5.88. The van der Waals surface area contributed by atoms with Crippen LogP contribution in [0.4, 0.5) is 0 Å². The average molecular weight is 234 g/mol. The lowest BCUT2D eigenvalue weighted by molar-refractivity contribution is 0.0846. The van der Waals surface area contributed by atoms with E-state index in [1.807, 2.05) is 18.2 Å². The maximum atomic E-state index is 10.4. The Kier molecular flexibility index (Phi) is 4.57. The Morgan fingerprint density at radius 1 is 1.29 bits per heavy atom. The van der Waals surface area contributed by atoms with Crippen LogP contribution in [0.2, 0.25) is 0 Å². The predicted octanol–water partition coefficient (Wildman–Crippen LogP) is 3.45. The Morgan fingerprint density at radius 3 is 2.76 bits per heavy atom. The second-order valence-electron chi connectivity index (χ2n) is 5.02. The molecule has 0 amide bonds. The number of hydrogen-bond acceptors (Lipinski definition) is 2. The third-order valence-electron chi connectivity index (χ3n) is 3.70. The quantitative estimate of drug-likeness (QED) is 0.864. The van der Waals surface area contributed by atoms with Crippen molar-refractivity contribution in [3.63, 3.8) is 0 Å². The van der Waals surface area contributed by atoms with E-state index in [0.29, 0.717) is 12.5 Å². The summed E-state index contributed by atoms with van der Waals surface area (Å²) in [7, 11) is 1.70. The van der Waals surface area contributed by atoms with E-state index in [-0.39, 0.29) is 6.10 Å². The number of benzene rings is 1. The monoisotopic (exact) mass is 234 g/mol. The third-order valence-corrected chi connectivity index (χ3v) is 3.70. The van der Waals surface area contributed by atoms with Crippen LogP contribution in [0.1, 0.15) is 49.3 Å². The molecule has 1 aromatic rings. The van der Waals surface area contributed by atoms with E-state index in [4.69, 9.17) is 4.74 Å². The van der Waals surface area contributed by atoms with Gasteiger partial charge < -0.3 is 9.84 Å². The highest BCUT2D eigenvalue weighted by Gasteiger charge is 2.22. The fourth-order valence-corrected chi connectivity index (χ4v) is 2.76. The first kappa shape index (κ1) is 12.6. The Morgan fingerprint density at radius 2 is 2.06 bits per heavy atom. The lowest BCUT2D eigenvalue weighted by atomic mass is 9.82. The van der Waals surface area contributed by atoms with Gasteiger partial charge in [-0.05, 0) is 29.9 Å².